The van der Waals surface area contributed by atoms with Crippen molar-refractivity contribution in [1.29, 1.82) is 0 Å². The molecule has 3 nitrogen and oxygen atoms in total. The van der Waals surface area contributed by atoms with E-state index in [1.165, 1.54) is 11.3 Å². The highest BCUT2D eigenvalue weighted by Crippen LogP contribution is 2.35. The van der Waals surface area contributed by atoms with Gasteiger partial charge in [0.25, 0.3) is 0 Å². The molecular formula is C13H20N2O. The molecule has 0 saturated carbocycles. The van der Waals surface area contributed by atoms with E-state index in [0.717, 1.165) is 31.7 Å². The van der Waals surface area contributed by atoms with Gasteiger partial charge in [-0.25, -0.2) is 0 Å². The fourth-order valence-corrected chi connectivity index (χ4v) is 2.57. The van der Waals surface area contributed by atoms with Gasteiger partial charge in [-0.1, -0.05) is 0 Å². The summed E-state index contributed by atoms with van der Waals surface area (Å²) in [6.07, 6.45) is 2.16. The molecule has 2 N–H and O–H groups in total. The van der Waals surface area contributed by atoms with Crippen LogP contribution >= 0.6 is 0 Å². The Bertz CT molecular complexity index is 365. The van der Waals surface area contributed by atoms with Crippen molar-refractivity contribution in [1.82, 2.24) is 0 Å². The van der Waals surface area contributed by atoms with Crippen LogP contribution in [-0.2, 0) is 6.42 Å². The lowest BCUT2D eigenvalue weighted by Gasteiger charge is -2.25. The first-order valence-electron chi connectivity index (χ1n) is 5.93. The lowest BCUT2D eigenvalue weighted by atomic mass is 10.1. The molecule has 0 aliphatic carbocycles. The Balaban J connectivity index is 2.27. The van der Waals surface area contributed by atoms with E-state index < -0.39 is 0 Å². The van der Waals surface area contributed by atoms with Crippen molar-refractivity contribution in [2.75, 3.05) is 25.1 Å². The Morgan fingerprint density at radius 3 is 2.94 bits per heavy atom. The van der Waals surface area contributed by atoms with Crippen molar-refractivity contribution < 1.29 is 4.74 Å². The lowest BCUT2D eigenvalue weighted by Crippen LogP contribution is -2.33. The third-order valence-electron chi connectivity index (χ3n) is 3.33. The molecule has 2 rings (SSSR count). The summed E-state index contributed by atoms with van der Waals surface area (Å²) in [6, 6.07) is 6.91. The van der Waals surface area contributed by atoms with Crippen LogP contribution in [0, 0.1) is 0 Å². The molecule has 3 heteroatoms. The van der Waals surface area contributed by atoms with E-state index in [1.807, 2.05) is 6.07 Å². The highest BCUT2D eigenvalue weighted by atomic mass is 16.5. The summed E-state index contributed by atoms with van der Waals surface area (Å²) in [7, 11) is 1.71. The average Bonchev–Trinajstić information content (AvgIpc) is 2.65. The summed E-state index contributed by atoms with van der Waals surface area (Å²) in [4.78, 5) is 2.45. The molecule has 88 valence electrons. The van der Waals surface area contributed by atoms with Crippen molar-refractivity contribution in [3.8, 4) is 5.75 Å². The molecule has 0 spiro atoms. The average molecular weight is 220 g/mol. The predicted octanol–water partition coefficient (Wildman–Crippen LogP) is 1.79. The Labute approximate surface area is 97.2 Å². The van der Waals surface area contributed by atoms with Gasteiger partial charge in [0, 0.05) is 18.3 Å². The third-order valence-corrected chi connectivity index (χ3v) is 3.33. The first kappa shape index (κ1) is 11.3. The van der Waals surface area contributed by atoms with Crippen molar-refractivity contribution in [2.45, 2.75) is 25.8 Å². The van der Waals surface area contributed by atoms with Gasteiger partial charge in [-0.05, 0) is 50.1 Å². The molecular weight excluding hydrogens is 200 g/mol. The molecule has 0 saturated heterocycles. The monoisotopic (exact) mass is 220 g/mol. The molecule has 0 radical (unpaired) electrons. The summed E-state index contributed by atoms with van der Waals surface area (Å²) in [6.45, 7) is 4.00. The highest BCUT2D eigenvalue weighted by molar-refractivity contribution is 5.61. The number of methoxy groups -OCH3 is 1. The molecule has 0 bridgehead atoms. The van der Waals surface area contributed by atoms with Crippen LogP contribution in [0.15, 0.2) is 18.2 Å². The number of anilines is 1. The normalized spacial score (nSPS) is 18.7. The quantitative estimate of drug-likeness (QED) is 0.841. The van der Waals surface area contributed by atoms with Crippen molar-refractivity contribution in [3.63, 3.8) is 0 Å². The number of likely N-dealkylation sites (N-methyl/N-ethyl adjacent to an activating group) is 1. The smallest absolute Gasteiger partial charge is 0.119 e. The molecule has 1 heterocycles. The van der Waals surface area contributed by atoms with Gasteiger partial charge in [-0.15, -0.1) is 0 Å². The standard InChI is InChI=1S/C13H20N2O/c1-3-15-11(6-7-14)8-10-9-12(16-2)4-5-13(10)15/h4-5,9,11H,3,6-8,14H2,1-2H3. The van der Waals surface area contributed by atoms with Crippen molar-refractivity contribution >= 4 is 5.69 Å². The number of hydrogen-bond acceptors (Lipinski definition) is 3. The van der Waals surface area contributed by atoms with Gasteiger partial charge in [0.2, 0.25) is 0 Å². The number of hydrogen-bond donors (Lipinski definition) is 1. The van der Waals surface area contributed by atoms with Crippen LogP contribution in [0.25, 0.3) is 0 Å². The third kappa shape index (κ3) is 1.87. The van der Waals surface area contributed by atoms with E-state index in [0.29, 0.717) is 6.04 Å². The number of benzene rings is 1. The van der Waals surface area contributed by atoms with Crippen LogP contribution in [0.4, 0.5) is 5.69 Å². The molecule has 0 fully saturated rings. The van der Waals surface area contributed by atoms with Gasteiger partial charge in [-0.3, -0.25) is 0 Å². The minimum Gasteiger partial charge on any atom is -0.497 e. The summed E-state index contributed by atoms with van der Waals surface area (Å²) in [5.74, 6) is 0.947. The van der Waals surface area contributed by atoms with Gasteiger partial charge >= 0.3 is 0 Å². The van der Waals surface area contributed by atoms with E-state index in [2.05, 4.69) is 24.0 Å². The maximum absolute atomic E-state index is 5.66. The van der Waals surface area contributed by atoms with Crippen molar-refractivity contribution in [2.24, 2.45) is 5.73 Å². The van der Waals surface area contributed by atoms with Gasteiger partial charge in [0.15, 0.2) is 0 Å². The fourth-order valence-electron chi connectivity index (χ4n) is 2.57. The van der Waals surface area contributed by atoms with Gasteiger partial charge in [0.05, 0.1) is 7.11 Å². The molecule has 1 unspecified atom stereocenters. The van der Waals surface area contributed by atoms with E-state index in [1.54, 1.807) is 7.11 Å². The SMILES string of the molecule is CCN1c2ccc(OC)cc2CC1CCN. The zero-order chi connectivity index (χ0) is 11.5. The molecule has 16 heavy (non-hydrogen) atoms. The summed E-state index contributed by atoms with van der Waals surface area (Å²) < 4.78 is 5.26. The summed E-state index contributed by atoms with van der Waals surface area (Å²) >= 11 is 0. The summed E-state index contributed by atoms with van der Waals surface area (Å²) in [5.41, 5.74) is 8.40. The zero-order valence-corrected chi connectivity index (χ0v) is 10.1. The maximum atomic E-state index is 5.66. The van der Waals surface area contributed by atoms with Crippen molar-refractivity contribution in [3.05, 3.63) is 23.8 Å². The Morgan fingerprint density at radius 2 is 2.31 bits per heavy atom. The zero-order valence-electron chi connectivity index (χ0n) is 10.1. The minimum atomic E-state index is 0.567. The van der Waals surface area contributed by atoms with Crippen LogP contribution in [0.3, 0.4) is 0 Å². The highest BCUT2D eigenvalue weighted by Gasteiger charge is 2.27. The van der Waals surface area contributed by atoms with Gasteiger partial charge in [-0.2, -0.15) is 0 Å². The Hall–Kier alpha value is -1.22. The number of fused-ring (bicyclic) bond motifs is 1. The molecule has 1 atom stereocenters. The van der Waals surface area contributed by atoms with Crippen LogP contribution in [0.2, 0.25) is 0 Å². The summed E-state index contributed by atoms with van der Waals surface area (Å²) in [5, 5.41) is 0. The molecule has 0 aromatic heterocycles. The molecule has 1 aliphatic rings. The topological polar surface area (TPSA) is 38.5 Å². The Kier molecular flexibility index (Phi) is 3.34. The van der Waals surface area contributed by atoms with Crippen LogP contribution in [-0.4, -0.2) is 26.2 Å². The van der Waals surface area contributed by atoms with Crippen LogP contribution in [0.1, 0.15) is 18.9 Å². The molecule has 1 aromatic rings. The van der Waals surface area contributed by atoms with Crippen LogP contribution < -0.4 is 15.4 Å². The number of rotatable bonds is 4. The molecule has 1 aromatic carbocycles. The number of nitrogens with two attached hydrogens (primary N) is 1. The maximum Gasteiger partial charge on any atom is 0.119 e. The van der Waals surface area contributed by atoms with E-state index in [9.17, 15) is 0 Å². The number of nitrogens with zero attached hydrogens (tertiary/aromatic N) is 1. The predicted molar refractivity (Wildman–Crippen MR) is 67.2 cm³/mol. The van der Waals surface area contributed by atoms with Gasteiger partial charge < -0.3 is 15.4 Å². The second-order valence-electron chi connectivity index (χ2n) is 4.22. The molecule has 1 aliphatic heterocycles. The molecule has 0 amide bonds. The fraction of sp³-hybridized carbons (Fsp3) is 0.538. The van der Waals surface area contributed by atoms with Gasteiger partial charge in [0.1, 0.15) is 5.75 Å². The first-order valence-corrected chi connectivity index (χ1v) is 5.93. The number of ether oxygens (including phenoxy) is 1. The second-order valence-corrected chi connectivity index (χ2v) is 4.22. The largest absolute Gasteiger partial charge is 0.497 e. The van der Waals surface area contributed by atoms with Crippen LogP contribution in [0.5, 0.6) is 5.75 Å². The first-order chi connectivity index (χ1) is 7.80. The van der Waals surface area contributed by atoms with E-state index in [4.69, 9.17) is 10.5 Å². The van der Waals surface area contributed by atoms with E-state index >= 15 is 0 Å². The minimum absolute atomic E-state index is 0.567. The second kappa shape index (κ2) is 4.74. The Morgan fingerprint density at radius 1 is 1.50 bits per heavy atom. The lowest BCUT2D eigenvalue weighted by molar-refractivity contribution is 0.414. The van der Waals surface area contributed by atoms with E-state index in [-0.39, 0.29) is 0 Å².